The van der Waals surface area contributed by atoms with Gasteiger partial charge >= 0.3 is 0 Å². The minimum Gasteiger partial charge on any atom is -0.324 e. The third-order valence-electron chi connectivity index (χ3n) is 5.57. The van der Waals surface area contributed by atoms with Gasteiger partial charge in [-0.25, -0.2) is 0 Å². The first-order valence-electron chi connectivity index (χ1n) is 10.6. The summed E-state index contributed by atoms with van der Waals surface area (Å²) in [5, 5.41) is 3.13. The second-order valence-electron chi connectivity index (χ2n) is 7.87. The summed E-state index contributed by atoms with van der Waals surface area (Å²) in [6.07, 6.45) is 3.45. The second-order valence-corrected chi connectivity index (χ2v) is 8.98. The Labute approximate surface area is 183 Å². The normalized spacial score (nSPS) is 15.1. The van der Waals surface area contributed by atoms with E-state index in [1.165, 1.54) is 10.5 Å². The number of hydrogen-bond acceptors (Lipinski definition) is 3. The number of piperidine rings is 1. The third-order valence-corrected chi connectivity index (χ3v) is 6.66. The van der Waals surface area contributed by atoms with Crippen molar-refractivity contribution in [2.24, 2.45) is 5.92 Å². The van der Waals surface area contributed by atoms with Crippen molar-refractivity contribution in [3.8, 4) is 0 Å². The first-order chi connectivity index (χ1) is 14.8. The maximum absolute atomic E-state index is 12.7. The van der Waals surface area contributed by atoms with Crippen molar-refractivity contribution >= 4 is 23.4 Å². The van der Waals surface area contributed by atoms with E-state index in [4.69, 9.17) is 0 Å². The molecule has 1 fully saturated rings. The van der Waals surface area contributed by atoms with Gasteiger partial charge in [-0.3, -0.25) is 9.69 Å². The van der Waals surface area contributed by atoms with E-state index in [9.17, 15) is 4.79 Å². The number of hydrogen-bond donors (Lipinski definition) is 1. The molecule has 4 heteroatoms. The SMILES string of the molecule is O=C(CN1CCC(Cc2ccccc2)CC1)Nc1ccccc1Sc1ccccc1. The lowest BCUT2D eigenvalue weighted by atomic mass is 9.90. The van der Waals surface area contributed by atoms with Crippen molar-refractivity contribution in [2.75, 3.05) is 25.0 Å². The van der Waals surface area contributed by atoms with Gasteiger partial charge in [0.2, 0.25) is 5.91 Å². The molecule has 0 unspecified atom stereocenters. The van der Waals surface area contributed by atoms with Crippen molar-refractivity contribution in [1.82, 2.24) is 4.90 Å². The maximum Gasteiger partial charge on any atom is 0.238 e. The Morgan fingerprint density at radius 1 is 0.867 bits per heavy atom. The Bertz CT molecular complexity index is 938. The lowest BCUT2D eigenvalue weighted by Gasteiger charge is -2.31. The van der Waals surface area contributed by atoms with Crippen LogP contribution in [0.4, 0.5) is 5.69 Å². The van der Waals surface area contributed by atoms with Crippen LogP contribution in [-0.4, -0.2) is 30.4 Å². The van der Waals surface area contributed by atoms with E-state index in [-0.39, 0.29) is 5.91 Å². The summed E-state index contributed by atoms with van der Waals surface area (Å²) >= 11 is 1.68. The summed E-state index contributed by atoms with van der Waals surface area (Å²) in [5.74, 6) is 0.785. The van der Waals surface area contributed by atoms with Crippen LogP contribution in [0.1, 0.15) is 18.4 Å². The number of amides is 1. The Balaban J connectivity index is 1.27. The molecule has 0 saturated carbocycles. The fourth-order valence-electron chi connectivity index (χ4n) is 3.96. The molecule has 1 heterocycles. The number of likely N-dealkylation sites (tertiary alicyclic amines) is 1. The highest BCUT2D eigenvalue weighted by Gasteiger charge is 2.21. The summed E-state index contributed by atoms with van der Waals surface area (Å²) < 4.78 is 0. The van der Waals surface area contributed by atoms with Gasteiger partial charge in [-0.15, -0.1) is 0 Å². The highest BCUT2D eigenvalue weighted by Crippen LogP contribution is 2.33. The monoisotopic (exact) mass is 416 g/mol. The summed E-state index contributed by atoms with van der Waals surface area (Å²) in [7, 11) is 0. The molecule has 0 radical (unpaired) electrons. The molecule has 154 valence electrons. The summed E-state index contributed by atoms with van der Waals surface area (Å²) in [5.41, 5.74) is 2.30. The molecule has 0 aliphatic carbocycles. The largest absolute Gasteiger partial charge is 0.324 e. The number of carbonyl (C=O) groups is 1. The number of nitrogens with zero attached hydrogens (tertiary/aromatic N) is 1. The Hall–Kier alpha value is -2.56. The third kappa shape index (κ3) is 5.97. The van der Waals surface area contributed by atoms with Crippen LogP contribution in [0.25, 0.3) is 0 Å². The smallest absolute Gasteiger partial charge is 0.238 e. The molecule has 1 saturated heterocycles. The summed E-state index contributed by atoms with van der Waals surface area (Å²) in [4.78, 5) is 17.2. The topological polar surface area (TPSA) is 32.3 Å². The molecule has 0 atom stereocenters. The van der Waals surface area contributed by atoms with E-state index in [0.717, 1.165) is 48.9 Å². The maximum atomic E-state index is 12.7. The first-order valence-corrected chi connectivity index (χ1v) is 11.5. The van der Waals surface area contributed by atoms with Gasteiger partial charge in [0.1, 0.15) is 0 Å². The molecule has 1 aliphatic rings. The van der Waals surface area contributed by atoms with Gasteiger partial charge in [0.25, 0.3) is 0 Å². The van der Waals surface area contributed by atoms with Crippen molar-refractivity contribution in [3.05, 3.63) is 90.5 Å². The molecule has 1 N–H and O–H groups in total. The van der Waals surface area contributed by atoms with Crippen LogP contribution in [0.3, 0.4) is 0 Å². The lowest BCUT2D eigenvalue weighted by Crippen LogP contribution is -2.39. The number of benzene rings is 3. The van der Waals surface area contributed by atoms with Gasteiger partial charge in [-0.1, -0.05) is 72.4 Å². The van der Waals surface area contributed by atoms with Gasteiger partial charge in [0.15, 0.2) is 0 Å². The van der Waals surface area contributed by atoms with Crippen LogP contribution in [-0.2, 0) is 11.2 Å². The molecule has 3 aromatic rings. The Kier molecular flexibility index (Phi) is 7.22. The zero-order chi connectivity index (χ0) is 20.6. The van der Waals surface area contributed by atoms with Crippen LogP contribution in [0.5, 0.6) is 0 Å². The Morgan fingerprint density at radius 3 is 2.23 bits per heavy atom. The van der Waals surface area contributed by atoms with Crippen LogP contribution in [0.15, 0.2) is 94.7 Å². The van der Waals surface area contributed by atoms with Gasteiger partial charge in [0, 0.05) is 9.79 Å². The van der Waals surface area contributed by atoms with E-state index in [2.05, 4.69) is 58.7 Å². The number of rotatable bonds is 7. The van der Waals surface area contributed by atoms with E-state index in [1.54, 1.807) is 11.8 Å². The minimum atomic E-state index is 0.0672. The predicted molar refractivity (Wildman–Crippen MR) is 125 cm³/mol. The highest BCUT2D eigenvalue weighted by atomic mass is 32.2. The van der Waals surface area contributed by atoms with Crippen molar-refractivity contribution in [2.45, 2.75) is 29.1 Å². The molecule has 0 bridgehead atoms. The number of anilines is 1. The fraction of sp³-hybridized carbons (Fsp3) is 0.269. The van der Waals surface area contributed by atoms with Gasteiger partial charge in [-0.05, 0) is 68.1 Å². The molecule has 3 nitrogen and oxygen atoms in total. The van der Waals surface area contributed by atoms with Crippen LogP contribution >= 0.6 is 11.8 Å². The summed E-state index contributed by atoms with van der Waals surface area (Å²) in [6.45, 7) is 2.44. The number of nitrogens with one attached hydrogen (secondary N) is 1. The zero-order valence-corrected chi connectivity index (χ0v) is 18.0. The molecule has 0 aromatic heterocycles. The van der Waals surface area contributed by atoms with Gasteiger partial charge in [-0.2, -0.15) is 0 Å². The predicted octanol–water partition coefficient (Wildman–Crippen LogP) is 5.73. The van der Waals surface area contributed by atoms with E-state index in [0.29, 0.717) is 6.54 Å². The molecule has 4 rings (SSSR count). The second kappa shape index (κ2) is 10.5. The molecule has 3 aromatic carbocycles. The zero-order valence-electron chi connectivity index (χ0n) is 17.2. The lowest BCUT2D eigenvalue weighted by molar-refractivity contribution is -0.117. The van der Waals surface area contributed by atoms with E-state index in [1.807, 2.05) is 36.4 Å². The number of carbonyl (C=O) groups excluding carboxylic acids is 1. The quantitative estimate of drug-likeness (QED) is 0.534. The molecular formula is C26H28N2OS. The molecule has 0 spiro atoms. The number of para-hydroxylation sites is 1. The van der Waals surface area contributed by atoms with E-state index < -0.39 is 0 Å². The van der Waals surface area contributed by atoms with Crippen molar-refractivity contribution in [3.63, 3.8) is 0 Å². The fourth-order valence-corrected chi connectivity index (χ4v) is 4.89. The standard InChI is InChI=1S/C26H28N2OS/c29-26(20-28-17-15-22(16-18-28)19-21-9-3-1-4-10-21)27-24-13-7-8-14-25(24)30-23-11-5-2-6-12-23/h1-14,22H,15-20H2,(H,27,29). The van der Waals surface area contributed by atoms with Crippen LogP contribution < -0.4 is 5.32 Å². The highest BCUT2D eigenvalue weighted by molar-refractivity contribution is 7.99. The molecule has 30 heavy (non-hydrogen) atoms. The average Bonchev–Trinajstić information content (AvgIpc) is 2.78. The minimum absolute atomic E-state index is 0.0672. The molecule has 1 amide bonds. The van der Waals surface area contributed by atoms with Crippen molar-refractivity contribution < 1.29 is 4.79 Å². The van der Waals surface area contributed by atoms with Crippen LogP contribution in [0, 0.1) is 5.92 Å². The molecular weight excluding hydrogens is 388 g/mol. The average molecular weight is 417 g/mol. The summed E-state index contributed by atoms with van der Waals surface area (Å²) in [6, 6.07) is 29.0. The van der Waals surface area contributed by atoms with Gasteiger partial charge < -0.3 is 5.32 Å². The first kappa shape index (κ1) is 20.7. The van der Waals surface area contributed by atoms with E-state index >= 15 is 0 Å². The van der Waals surface area contributed by atoms with Gasteiger partial charge in [0.05, 0.1) is 12.2 Å². The Morgan fingerprint density at radius 2 is 1.50 bits per heavy atom. The molecule has 1 aliphatic heterocycles. The van der Waals surface area contributed by atoms with Crippen LogP contribution in [0.2, 0.25) is 0 Å². The van der Waals surface area contributed by atoms with Crippen molar-refractivity contribution in [1.29, 1.82) is 0 Å².